The Bertz CT molecular complexity index is 1800. The van der Waals surface area contributed by atoms with Crippen LogP contribution in [-0.2, 0) is 0 Å². The zero-order valence-electron chi connectivity index (χ0n) is 22.9. The molecule has 0 atom stereocenters. The Morgan fingerprint density at radius 1 is 0.641 bits per heavy atom. The third-order valence-electron chi connectivity index (χ3n) is 7.04. The van der Waals surface area contributed by atoms with Gasteiger partial charge in [0.25, 0.3) is 0 Å². The quantitative estimate of drug-likeness (QED) is 0.222. The lowest BCUT2D eigenvalue weighted by Gasteiger charge is -2.14. The zero-order chi connectivity index (χ0) is 27.1. The van der Waals surface area contributed by atoms with Crippen molar-refractivity contribution >= 4 is 22.1 Å². The molecule has 0 aliphatic rings. The Morgan fingerprint density at radius 2 is 1.31 bits per heavy atom. The molecule has 0 fully saturated rings. The number of para-hydroxylation sites is 1. The van der Waals surface area contributed by atoms with Gasteiger partial charge >= 0.3 is 0 Å². The predicted octanol–water partition coefficient (Wildman–Crippen LogP) is 9.45. The molecule has 0 N–H and O–H groups in total. The lowest BCUT2D eigenvalue weighted by molar-refractivity contribution is 0.443. The molecule has 0 unspecified atom stereocenters. The number of benzene rings is 2. The number of pyridine rings is 3. The van der Waals surface area contributed by atoms with Crippen molar-refractivity contribution in [3.63, 3.8) is 0 Å². The normalized spacial score (nSPS) is 11.7. The van der Waals surface area contributed by atoms with Crippen molar-refractivity contribution in [1.29, 1.82) is 0 Å². The van der Waals surface area contributed by atoms with Gasteiger partial charge in [-0.05, 0) is 60.2 Å². The first-order valence-corrected chi connectivity index (χ1v) is 13.4. The molecule has 6 aromatic rings. The molecule has 0 amide bonds. The zero-order valence-corrected chi connectivity index (χ0v) is 22.9. The number of hydrogen-bond donors (Lipinski definition) is 0. The number of ether oxygens (including phenoxy) is 1. The molecular weight excluding hydrogens is 482 g/mol. The van der Waals surface area contributed by atoms with Crippen molar-refractivity contribution in [3.05, 3.63) is 102 Å². The van der Waals surface area contributed by atoms with Crippen molar-refractivity contribution in [1.82, 2.24) is 15.0 Å². The molecule has 194 valence electrons. The Morgan fingerprint density at radius 3 is 2.00 bits per heavy atom. The van der Waals surface area contributed by atoms with E-state index in [4.69, 9.17) is 19.1 Å². The monoisotopic (exact) mass is 513 g/mol. The summed E-state index contributed by atoms with van der Waals surface area (Å²) in [6.45, 7) is 10.7. The standard InChI is InChI=1S/C34H31N3O2/c1-20(2)24-16-29(23-10-7-6-8-11-23)36-31(18-24)38-32-19-25(21(3)4)17-30(37-32)28-13-9-12-26-27-15-14-22(5)35-34(27)39-33(26)28/h6-21H,1-5H3. The molecule has 0 spiro atoms. The molecule has 4 aromatic heterocycles. The van der Waals surface area contributed by atoms with Gasteiger partial charge in [0.05, 0.1) is 11.4 Å². The van der Waals surface area contributed by atoms with Crippen LogP contribution in [0.4, 0.5) is 0 Å². The van der Waals surface area contributed by atoms with Gasteiger partial charge in [-0.15, -0.1) is 0 Å². The van der Waals surface area contributed by atoms with Crippen LogP contribution < -0.4 is 4.74 Å². The third-order valence-corrected chi connectivity index (χ3v) is 7.04. The molecule has 5 heteroatoms. The molecule has 0 aliphatic carbocycles. The Kier molecular flexibility index (Phi) is 6.35. The summed E-state index contributed by atoms with van der Waals surface area (Å²) in [4.78, 5) is 14.4. The van der Waals surface area contributed by atoms with Gasteiger partial charge < -0.3 is 9.15 Å². The van der Waals surface area contributed by atoms with E-state index in [1.165, 1.54) is 0 Å². The maximum atomic E-state index is 6.41. The SMILES string of the molecule is Cc1ccc2c(n1)oc1c(-c3cc(C(C)C)cc(Oc4cc(C(C)C)cc(-c5ccccc5)n4)n3)cccc12. The van der Waals surface area contributed by atoms with Gasteiger partial charge in [0.2, 0.25) is 17.5 Å². The largest absolute Gasteiger partial charge is 0.437 e. The van der Waals surface area contributed by atoms with Crippen LogP contribution in [0.15, 0.2) is 89.3 Å². The van der Waals surface area contributed by atoms with Crippen molar-refractivity contribution in [3.8, 4) is 34.3 Å². The van der Waals surface area contributed by atoms with E-state index < -0.39 is 0 Å². The van der Waals surface area contributed by atoms with E-state index in [1.54, 1.807) is 0 Å². The minimum Gasteiger partial charge on any atom is -0.437 e. The maximum absolute atomic E-state index is 6.41. The number of aryl methyl sites for hydroxylation is 1. The molecule has 0 bridgehead atoms. The van der Waals surface area contributed by atoms with Crippen molar-refractivity contribution < 1.29 is 9.15 Å². The number of rotatable bonds is 6. The second-order valence-electron chi connectivity index (χ2n) is 10.6. The van der Waals surface area contributed by atoms with E-state index in [-0.39, 0.29) is 5.92 Å². The molecule has 4 heterocycles. The third kappa shape index (κ3) is 4.88. The van der Waals surface area contributed by atoms with Crippen LogP contribution in [0.2, 0.25) is 0 Å². The van der Waals surface area contributed by atoms with Gasteiger partial charge in [-0.2, -0.15) is 0 Å². The van der Waals surface area contributed by atoms with Gasteiger partial charge in [-0.3, -0.25) is 0 Å². The summed E-state index contributed by atoms with van der Waals surface area (Å²) in [5.74, 6) is 1.64. The summed E-state index contributed by atoms with van der Waals surface area (Å²) >= 11 is 0. The van der Waals surface area contributed by atoms with E-state index in [0.29, 0.717) is 23.4 Å². The fraction of sp³-hybridized carbons (Fsp3) is 0.206. The lowest BCUT2D eigenvalue weighted by atomic mass is 10.00. The molecule has 0 saturated carbocycles. The van der Waals surface area contributed by atoms with Gasteiger partial charge in [0.1, 0.15) is 5.58 Å². The lowest BCUT2D eigenvalue weighted by Crippen LogP contribution is -1.99. The molecular formula is C34H31N3O2. The Hall–Kier alpha value is -4.51. The highest BCUT2D eigenvalue weighted by Gasteiger charge is 2.17. The summed E-state index contributed by atoms with van der Waals surface area (Å²) in [6.07, 6.45) is 0. The van der Waals surface area contributed by atoms with Gasteiger partial charge in [-0.25, -0.2) is 15.0 Å². The van der Waals surface area contributed by atoms with Crippen molar-refractivity contribution in [2.75, 3.05) is 0 Å². The minimum atomic E-state index is 0.281. The smallest absolute Gasteiger partial charge is 0.227 e. The number of fused-ring (bicyclic) bond motifs is 3. The van der Waals surface area contributed by atoms with Gasteiger partial charge in [0, 0.05) is 39.7 Å². The second kappa shape index (κ2) is 9.99. The fourth-order valence-electron chi connectivity index (χ4n) is 4.80. The molecule has 39 heavy (non-hydrogen) atoms. The summed E-state index contributed by atoms with van der Waals surface area (Å²) in [6, 6.07) is 28.7. The van der Waals surface area contributed by atoms with E-state index in [1.807, 2.05) is 55.5 Å². The van der Waals surface area contributed by atoms with E-state index in [2.05, 4.69) is 69.1 Å². The van der Waals surface area contributed by atoms with Crippen LogP contribution in [0.3, 0.4) is 0 Å². The van der Waals surface area contributed by atoms with Crippen LogP contribution in [0.25, 0.3) is 44.6 Å². The molecule has 6 rings (SSSR count). The van der Waals surface area contributed by atoms with Crippen molar-refractivity contribution in [2.24, 2.45) is 0 Å². The molecule has 0 aliphatic heterocycles. The van der Waals surface area contributed by atoms with Crippen molar-refractivity contribution in [2.45, 2.75) is 46.5 Å². The highest BCUT2D eigenvalue weighted by atomic mass is 16.5. The first-order valence-electron chi connectivity index (χ1n) is 13.4. The highest BCUT2D eigenvalue weighted by molar-refractivity contribution is 6.08. The maximum Gasteiger partial charge on any atom is 0.227 e. The molecule has 2 aromatic carbocycles. The highest BCUT2D eigenvalue weighted by Crippen LogP contribution is 2.37. The number of furan rings is 1. The van der Waals surface area contributed by atoms with Crippen LogP contribution >= 0.6 is 0 Å². The van der Waals surface area contributed by atoms with Crippen LogP contribution in [-0.4, -0.2) is 15.0 Å². The van der Waals surface area contributed by atoms with Gasteiger partial charge in [-0.1, -0.05) is 70.2 Å². The molecule has 0 saturated heterocycles. The average molecular weight is 514 g/mol. The van der Waals surface area contributed by atoms with E-state index in [9.17, 15) is 0 Å². The van der Waals surface area contributed by atoms with E-state index in [0.717, 1.165) is 55.7 Å². The fourth-order valence-corrected chi connectivity index (χ4v) is 4.80. The Balaban J connectivity index is 1.47. The predicted molar refractivity (Wildman–Crippen MR) is 157 cm³/mol. The number of nitrogens with zero attached hydrogens (tertiary/aromatic N) is 3. The van der Waals surface area contributed by atoms with Gasteiger partial charge in [0.15, 0.2) is 0 Å². The molecule has 5 nitrogen and oxygen atoms in total. The van der Waals surface area contributed by atoms with E-state index >= 15 is 0 Å². The summed E-state index contributed by atoms with van der Waals surface area (Å²) < 4.78 is 12.7. The molecule has 0 radical (unpaired) electrons. The van der Waals surface area contributed by atoms with Crippen LogP contribution in [0, 0.1) is 6.92 Å². The second-order valence-corrected chi connectivity index (χ2v) is 10.6. The topological polar surface area (TPSA) is 61.0 Å². The summed E-state index contributed by atoms with van der Waals surface area (Å²) in [7, 11) is 0. The Labute approximate surface area is 228 Å². The summed E-state index contributed by atoms with van der Waals surface area (Å²) in [5, 5.41) is 2.02. The van der Waals surface area contributed by atoms with Crippen LogP contribution in [0.1, 0.15) is 56.4 Å². The number of hydrogen-bond acceptors (Lipinski definition) is 5. The minimum absolute atomic E-state index is 0.281. The first-order chi connectivity index (χ1) is 18.9. The number of aromatic nitrogens is 3. The average Bonchev–Trinajstić information content (AvgIpc) is 3.30. The summed E-state index contributed by atoms with van der Waals surface area (Å²) in [5.41, 5.74) is 8.25. The van der Waals surface area contributed by atoms with Crippen LogP contribution in [0.5, 0.6) is 11.8 Å². The first kappa shape index (κ1) is 24.8.